The quantitative estimate of drug-likeness (QED) is 0.882. The molecule has 0 saturated heterocycles. The summed E-state index contributed by atoms with van der Waals surface area (Å²) in [6.45, 7) is 4.05. The summed E-state index contributed by atoms with van der Waals surface area (Å²) >= 11 is 1.36. The minimum Gasteiger partial charge on any atom is -0.295 e. The van der Waals surface area contributed by atoms with Crippen LogP contribution in [0, 0.1) is 0 Å². The van der Waals surface area contributed by atoms with Crippen LogP contribution in [0.3, 0.4) is 0 Å². The Morgan fingerprint density at radius 3 is 2.71 bits per heavy atom. The fourth-order valence-corrected chi connectivity index (χ4v) is 1.87. The molecular formula is C9H12N6OS. The molecule has 0 fully saturated rings. The lowest BCUT2D eigenvalue weighted by atomic mass is 10.2. The van der Waals surface area contributed by atoms with Gasteiger partial charge in [-0.15, -0.1) is 15.3 Å². The molecule has 2 rings (SSSR count). The van der Waals surface area contributed by atoms with E-state index in [1.807, 2.05) is 13.8 Å². The average molecular weight is 252 g/mol. The van der Waals surface area contributed by atoms with E-state index in [-0.39, 0.29) is 11.6 Å². The van der Waals surface area contributed by atoms with Gasteiger partial charge in [0, 0.05) is 13.0 Å². The Hall–Kier alpha value is -1.83. The number of carbonyl (C=O) groups excluding carboxylic acids is 1. The summed E-state index contributed by atoms with van der Waals surface area (Å²) < 4.78 is 1.47. The molecule has 0 unspecified atom stereocenters. The van der Waals surface area contributed by atoms with Crippen molar-refractivity contribution < 1.29 is 4.79 Å². The lowest BCUT2D eigenvalue weighted by Crippen LogP contribution is -2.12. The number of aryl methyl sites for hydroxylation is 1. The summed E-state index contributed by atoms with van der Waals surface area (Å²) in [5, 5.41) is 19.3. The first-order chi connectivity index (χ1) is 8.06. The van der Waals surface area contributed by atoms with Gasteiger partial charge in [0.2, 0.25) is 5.13 Å². The van der Waals surface area contributed by atoms with Crippen molar-refractivity contribution in [2.75, 3.05) is 5.32 Å². The Bertz CT molecular complexity index is 531. The molecule has 1 amide bonds. The highest BCUT2D eigenvalue weighted by molar-refractivity contribution is 7.15. The molecule has 0 saturated carbocycles. The van der Waals surface area contributed by atoms with E-state index in [9.17, 15) is 4.79 Å². The maximum Gasteiger partial charge on any atom is 0.279 e. The van der Waals surface area contributed by atoms with Gasteiger partial charge in [-0.05, 0) is 0 Å². The van der Waals surface area contributed by atoms with Crippen LogP contribution in [0.4, 0.5) is 5.13 Å². The second kappa shape index (κ2) is 4.58. The Morgan fingerprint density at radius 1 is 1.41 bits per heavy atom. The number of nitrogens with zero attached hydrogens (tertiary/aromatic N) is 5. The van der Waals surface area contributed by atoms with Crippen LogP contribution in [0.1, 0.15) is 35.3 Å². The number of hydrogen-bond acceptors (Lipinski definition) is 6. The Kier molecular flexibility index (Phi) is 3.14. The van der Waals surface area contributed by atoms with Gasteiger partial charge in [-0.3, -0.25) is 14.8 Å². The second-order valence-corrected chi connectivity index (χ2v) is 4.84. The number of carbonyl (C=O) groups is 1. The lowest BCUT2D eigenvalue weighted by Gasteiger charge is -1.96. The first-order valence-electron chi connectivity index (χ1n) is 5.07. The highest BCUT2D eigenvalue weighted by Gasteiger charge is 2.14. The van der Waals surface area contributed by atoms with Crippen LogP contribution in [0.25, 0.3) is 0 Å². The molecule has 90 valence electrons. The van der Waals surface area contributed by atoms with Gasteiger partial charge in [-0.1, -0.05) is 30.4 Å². The predicted octanol–water partition coefficient (Wildman–Crippen LogP) is 1.04. The molecule has 0 atom stereocenters. The van der Waals surface area contributed by atoms with Gasteiger partial charge in [-0.25, -0.2) is 0 Å². The lowest BCUT2D eigenvalue weighted by molar-refractivity contribution is 0.102. The number of anilines is 1. The summed E-state index contributed by atoms with van der Waals surface area (Å²) in [6, 6.07) is 0. The SMILES string of the molecule is CC(C)c1nnc(NC(=O)c2cn(C)nn2)s1. The van der Waals surface area contributed by atoms with Crippen molar-refractivity contribution in [1.82, 2.24) is 25.2 Å². The highest BCUT2D eigenvalue weighted by Crippen LogP contribution is 2.22. The standard InChI is InChI=1S/C9H12N6OS/c1-5(2)8-12-13-9(17-8)10-7(16)6-4-15(3)14-11-6/h4-5H,1-3H3,(H,10,13,16). The average Bonchev–Trinajstić information content (AvgIpc) is 2.86. The van der Waals surface area contributed by atoms with Crippen LogP contribution in [-0.2, 0) is 7.05 Å². The third kappa shape index (κ3) is 2.64. The van der Waals surface area contributed by atoms with Gasteiger partial charge in [0.15, 0.2) is 5.69 Å². The van der Waals surface area contributed by atoms with Crippen molar-refractivity contribution in [3.63, 3.8) is 0 Å². The van der Waals surface area contributed by atoms with E-state index in [1.54, 1.807) is 13.2 Å². The van der Waals surface area contributed by atoms with Gasteiger partial charge in [0.25, 0.3) is 5.91 Å². The number of amides is 1. The van der Waals surface area contributed by atoms with E-state index in [2.05, 4.69) is 25.8 Å². The van der Waals surface area contributed by atoms with Crippen LogP contribution < -0.4 is 5.32 Å². The third-order valence-corrected chi connectivity index (χ3v) is 3.13. The summed E-state index contributed by atoms with van der Waals surface area (Å²) in [6.07, 6.45) is 1.54. The molecule has 0 bridgehead atoms. The minimum absolute atomic E-state index is 0.258. The summed E-state index contributed by atoms with van der Waals surface area (Å²) in [7, 11) is 1.70. The predicted molar refractivity (Wildman–Crippen MR) is 63.0 cm³/mol. The van der Waals surface area contributed by atoms with Gasteiger partial charge >= 0.3 is 0 Å². The molecule has 0 aliphatic heterocycles. The highest BCUT2D eigenvalue weighted by atomic mass is 32.1. The molecule has 0 radical (unpaired) electrons. The summed E-state index contributed by atoms with van der Waals surface area (Å²) in [5.74, 6) is -0.0285. The van der Waals surface area contributed by atoms with Crippen LogP contribution in [0.5, 0.6) is 0 Å². The van der Waals surface area contributed by atoms with E-state index in [4.69, 9.17) is 0 Å². The van der Waals surface area contributed by atoms with E-state index in [0.29, 0.717) is 11.0 Å². The maximum atomic E-state index is 11.7. The first kappa shape index (κ1) is 11.6. The van der Waals surface area contributed by atoms with Crippen molar-refractivity contribution in [3.8, 4) is 0 Å². The number of aromatic nitrogens is 5. The largest absolute Gasteiger partial charge is 0.295 e. The molecule has 17 heavy (non-hydrogen) atoms. The number of rotatable bonds is 3. The normalized spacial score (nSPS) is 10.8. The van der Waals surface area contributed by atoms with Gasteiger partial charge in [0.05, 0.1) is 6.20 Å². The molecule has 2 aromatic heterocycles. The first-order valence-corrected chi connectivity index (χ1v) is 5.89. The smallest absolute Gasteiger partial charge is 0.279 e. The van der Waals surface area contributed by atoms with Crippen molar-refractivity contribution in [2.24, 2.45) is 7.05 Å². The molecule has 1 N–H and O–H groups in total. The Labute approximate surface area is 102 Å². The van der Waals surface area contributed by atoms with Crippen LogP contribution >= 0.6 is 11.3 Å². The Balaban J connectivity index is 2.07. The fourth-order valence-electron chi connectivity index (χ4n) is 1.13. The molecular weight excluding hydrogens is 240 g/mol. The molecule has 7 nitrogen and oxygen atoms in total. The molecule has 0 aliphatic rings. The molecule has 2 aromatic rings. The van der Waals surface area contributed by atoms with Crippen LogP contribution in [0.15, 0.2) is 6.20 Å². The second-order valence-electron chi connectivity index (χ2n) is 3.83. The van der Waals surface area contributed by atoms with Gasteiger partial charge in [-0.2, -0.15) is 0 Å². The van der Waals surface area contributed by atoms with E-state index in [1.165, 1.54) is 16.0 Å². The Morgan fingerprint density at radius 2 is 2.18 bits per heavy atom. The van der Waals surface area contributed by atoms with Crippen molar-refractivity contribution in [2.45, 2.75) is 19.8 Å². The minimum atomic E-state index is -0.329. The zero-order chi connectivity index (χ0) is 12.4. The van der Waals surface area contributed by atoms with Crippen molar-refractivity contribution >= 4 is 22.4 Å². The topological polar surface area (TPSA) is 85.6 Å². The summed E-state index contributed by atoms with van der Waals surface area (Å²) in [5.41, 5.74) is 0.258. The van der Waals surface area contributed by atoms with E-state index in [0.717, 1.165) is 5.01 Å². The fraction of sp³-hybridized carbons (Fsp3) is 0.444. The van der Waals surface area contributed by atoms with Crippen LogP contribution in [-0.4, -0.2) is 31.1 Å². The third-order valence-electron chi connectivity index (χ3n) is 1.99. The van der Waals surface area contributed by atoms with Crippen molar-refractivity contribution in [3.05, 3.63) is 16.9 Å². The monoisotopic (exact) mass is 252 g/mol. The molecule has 0 aromatic carbocycles. The zero-order valence-corrected chi connectivity index (χ0v) is 10.5. The molecule has 0 spiro atoms. The van der Waals surface area contributed by atoms with Crippen molar-refractivity contribution in [1.29, 1.82) is 0 Å². The molecule has 2 heterocycles. The number of nitrogens with one attached hydrogen (secondary N) is 1. The summed E-state index contributed by atoms with van der Waals surface area (Å²) in [4.78, 5) is 11.7. The molecule has 8 heteroatoms. The molecule has 0 aliphatic carbocycles. The van der Waals surface area contributed by atoms with E-state index >= 15 is 0 Å². The van der Waals surface area contributed by atoms with Gasteiger partial charge < -0.3 is 0 Å². The maximum absolute atomic E-state index is 11.7. The zero-order valence-electron chi connectivity index (χ0n) is 9.71. The van der Waals surface area contributed by atoms with E-state index < -0.39 is 0 Å². The number of hydrogen-bond donors (Lipinski definition) is 1. The van der Waals surface area contributed by atoms with Crippen LogP contribution in [0.2, 0.25) is 0 Å². The van der Waals surface area contributed by atoms with Gasteiger partial charge in [0.1, 0.15) is 5.01 Å².